The number of unbranched alkanes of at least 4 members (excludes halogenated alkanes) is 1. The van der Waals surface area contributed by atoms with E-state index in [1.165, 1.54) is 22.7 Å². The highest BCUT2D eigenvalue weighted by atomic mass is 19.1. The van der Waals surface area contributed by atoms with E-state index < -0.39 is 5.82 Å². The molecule has 0 bridgehead atoms. The SMILES string of the molecule is C=CNc1c(C(=O)N(C)C)c(F)cc(-c2ccc(CCCC)c(/N=C\C)c2)c1[C@H](C)CC. The predicted octanol–water partition coefficient (Wildman–Crippen LogP) is 7.33. The first-order valence-electron chi connectivity index (χ1n) is 11.4. The van der Waals surface area contributed by atoms with Crippen molar-refractivity contribution >= 4 is 23.5 Å². The topological polar surface area (TPSA) is 44.7 Å². The summed E-state index contributed by atoms with van der Waals surface area (Å²) in [5.41, 5.74) is 5.18. The van der Waals surface area contributed by atoms with Crippen molar-refractivity contribution in [3.63, 3.8) is 0 Å². The Labute approximate surface area is 192 Å². The van der Waals surface area contributed by atoms with Crippen molar-refractivity contribution in [2.45, 2.75) is 59.3 Å². The maximum Gasteiger partial charge on any atom is 0.258 e. The third-order valence-electron chi connectivity index (χ3n) is 5.76. The molecule has 0 saturated carbocycles. The van der Waals surface area contributed by atoms with Crippen LogP contribution in [0.15, 0.2) is 42.0 Å². The van der Waals surface area contributed by atoms with E-state index in [1.807, 2.05) is 19.1 Å². The van der Waals surface area contributed by atoms with Crippen LogP contribution in [0.1, 0.15) is 74.4 Å². The highest BCUT2D eigenvalue weighted by molar-refractivity contribution is 6.02. The van der Waals surface area contributed by atoms with Crippen LogP contribution in [0.4, 0.5) is 15.8 Å². The standard InChI is InChI=1S/C27H36FN3O/c1-8-12-13-19-14-15-20(16-23(19)29-10-3)21-17-22(28)25(27(32)31(6)7)26(30-11-4)24(21)18(5)9-2/h10-11,14-18,30H,4,8-9,12-13H2,1-3,5-7H3/b29-10-/t18-/m1/s1. The number of amides is 1. The smallest absolute Gasteiger partial charge is 0.258 e. The number of rotatable bonds is 10. The second kappa shape index (κ2) is 11.6. The zero-order chi connectivity index (χ0) is 23.8. The Bertz CT molecular complexity index is 995. The summed E-state index contributed by atoms with van der Waals surface area (Å²) in [6, 6.07) is 7.64. The maximum atomic E-state index is 15.4. The molecule has 2 aromatic carbocycles. The summed E-state index contributed by atoms with van der Waals surface area (Å²) in [7, 11) is 3.25. The fourth-order valence-electron chi connectivity index (χ4n) is 3.87. The van der Waals surface area contributed by atoms with E-state index in [0.717, 1.165) is 48.1 Å². The average Bonchev–Trinajstić information content (AvgIpc) is 2.77. The number of nitrogens with one attached hydrogen (secondary N) is 1. The van der Waals surface area contributed by atoms with Crippen LogP contribution in [0.2, 0.25) is 0 Å². The molecule has 1 atom stereocenters. The van der Waals surface area contributed by atoms with Gasteiger partial charge in [-0.25, -0.2) is 4.39 Å². The molecule has 0 saturated heterocycles. The number of benzene rings is 2. The van der Waals surface area contributed by atoms with Gasteiger partial charge in [0.15, 0.2) is 0 Å². The van der Waals surface area contributed by atoms with E-state index in [1.54, 1.807) is 20.3 Å². The minimum Gasteiger partial charge on any atom is -0.361 e. The fraction of sp³-hybridized carbons (Fsp3) is 0.407. The third-order valence-corrected chi connectivity index (χ3v) is 5.76. The lowest BCUT2D eigenvalue weighted by atomic mass is 9.85. The van der Waals surface area contributed by atoms with Gasteiger partial charge in [-0.1, -0.05) is 45.9 Å². The summed E-state index contributed by atoms with van der Waals surface area (Å²) in [5, 5.41) is 3.07. The van der Waals surface area contributed by atoms with Gasteiger partial charge in [0.2, 0.25) is 0 Å². The van der Waals surface area contributed by atoms with Gasteiger partial charge in [-0.2, -0.15) is 0 Å². The number of anilines is 1. The highest BCUT2D eigenvalue weighted by Crippen LogP contribution is 2.41. The molecule has 172 valence electrons. The summed E-state index contributed by atoms with van der Waals surface area (Å²) in [6.07, 6.45) is 7.28. The van der Waals surface area contributed by atoms with E-state index >= 15 is 4.39 Å². The number of hydrogen-bond donors (Lipinski definition) is 1. The monoisotopic (exact) mass is 437 g/mol. The van der Waals surface area contributed by atoms with Gasteiger partial charge in [-0.3, -0.25) is 9.79 Å². The van der Waals surface area contributed by atoms with Crippen LogP contribution in [0, 0.1) is 5.82 Å². The Morgan fingerprint density at radius 3 is 2.56 bits per heavy atom. The Hall–Kier alpha value is -2.95. The largest absolute Gasteiger partial charge is 0.361 e. The van der Waals surface area contributed by atoms with Crippen molar-refractivity contribution < 1.29 is 9.18 Å². The van der Waals surface area contributed by atoms with Gasteiger partial charge in [-0.15, -0.1) is 0 Å². The number of carbonyl (C=O) groups excluding carboxylic acids is 1. The molecule has 4 nitrogen and oxygen atoms in total. The van der Waals surface area contributed by atoms with Crippen LogP contribution >= 0.6 is 0 Å². The maximum absolute atomic E-state index is 15.4. The zero-order valence-corrected chi connectivity index (χ0v) is 20.3. The lowest BCUT2D eigenvalue weighted by molar-refractivity contribution is 0.0824. The molecule has 2 rings (SSSR count). The molecule has 0 radical (unpaired) electrons. The van der Waals surface area contributed by atoms with E-state index in [4.69, 9.17) is 0 Å². The Morgan fingerprint density at radius 1 is 1.28 bits per heavy atom. The summed E-state index contributed by atoms with van der Waals surface area (Å²) >= 11 is 0. The second-order valence-corrected chi connectivity index (χ2v) is 8.26. The summed E-state index contributed by atoms with van der Waals surface area (Å²) in [4.78, 5) is 18.8. The molecule has 0 aliphatic heterocycles. The number of aryl methyl sites for hydroxylation is 1. The Kier molecular flexibility index (Phi) is 9.18. The second-order valence-electron chi connectivity index (χ2n) is 8.26. The fourth-order valence-corrected chi connectivity index (χ4v) is 3.87. The number of nitrogens with zero attached hydrogens (tertiary/aromatic N) is 2. The van der Waals surface area contributed by atoms with Crippen LogP contribution in [-0.4, -0.2) is 31.1 Å². The van der Waals surface area contributed by atoms with Crippen LogP contribution < -0.4 is 5.32 Å². The van der Waals surface area contributed by atoms with Crippen molar-refractivity contribution in [2.75, 3.05) is 19.4 Å². The highest BCUT2D eigenvalue weighted by Gasteiger charge is 2.27. The summed E-state index contributed by atoms with van der Waals surface area (Å²) in [5.74, 6) is -0.834. The van der Waals surface area contributed by atoms with Gasteiger partial charge in [0.05, 0.1) is 16.9 Å². The van der Waals surface area contributed by atoms with Crippen LogP contribution in [0.5, 0.6) is 0 Å². The Morgan fingerprint density at radius 2 is 2.00 bits per heavy atom. The first-order chi connectivity index (χ1) is 15.3. The number of halogens is 1. The van der Waals surface area contributed by atoms with Gasteiger partial charge >= 0.3 is 0 Å². The van der Waals surface area contributed by atoms with Gasteiger partial charge in [0, 0.05) is 20.3 Å². The van der Waals surface area contributed by atoms with Crippen molar-refractivity contribution in [1.82, 2.24) is 4.90 Å². The molecule has 0 aliphatic carbocycles. The predicted molar refractivity (Wildman–Crippen MR) is 135 cm³/mol. The minimum absolute atomic E-state index is 0.0420. The molecule has 0 fully saturated rings. The molecule has 0 aromatic heterocycles. The molecule has 0 heterocycles. The van der Waals surface area contributed by atoms with Gasteiger partial charge < -0.3 is 10.2 Å². The quantitative estimate of drug-likeness (QED) is 0.396. The Balaban J connectivity index is 2.84. The van der Waals surface area contributed by atoms with E-state index in [9.17, 15) is 4.79 Å². The zero-order valence-electron chi connectivity index (χ0n) is 20.3. The average molecular weight is 438 g/mol. The van der Waals surface area contributed by atoms with Crippen molar-refractivity contribution in [2.24, 2.45) is 4.99 Å². The molecule has 0 aliphatic rings. The molecule has 1 amide bonds. The van der Waals surface area contributed by atoms with Crippen molar-refractivity contribution in [3.8, 4) is 11.1 Å². The molecule has 0 unspecified atom stereocenters. The molecule has 5 heteroatoms. The molecule has 0 spiro atoms. The minimum atomic E-state index is -0.550. The lowest BCUT2D eigenvalue weighted by Crippen LogP contribution is -2.25. The number of hydrogen-bond acceptors (Lipinski definition) is 3. The third kappa shape index (κ3) is 5.45. The first-order valence-corrected chi connectivity index (χ1v) is 11.4. The van der Waals surface area contributed by atoms with Crippen molar-refractivity contribution in [3.05, 3.63) is 59.6 Å². The van der Waals surface area contributed by atoms with Crippen LogP contribution in [0.25, 0.3) is 11.1 Å². The van der Waals surface area contributed by atoms with E-state index in [2.05, 4.69) is 43.7 Å². The number of carbonyl (C=O) groups is 1. The van der Waals surface area contributed by atoms with E-state index in [0.29, 0.717) is 5.69 Å². The van der Waals surface area contributed by atoms with Crippen molar-refractivity contribution in [1.29, 1.82) is 0 Å². The molecule has 32 heavy (non-hydrogen) atoms. The molecular formula is C27H36FN3O. The lowest BCUT2D eigenvalue weighted by Gasteiger charge is -2.24. The van der Waals surface area contributed by atoms with Gasteiger partial charge in [-0.05, 0) is 72.7 Å². The molecule has 2 aromatic rings. The van der Waals surface area contributed by atoms with Gasteiger partial charge in [0.25, 0.3) is 5.91 Å². The van der Waals surface area contributed by atoms with Gasteiger partial charge in [0.1, 0.15) is 5.82 Å². The van der Waals surface area contributed by atoms with Crippen LogP contribution in [0.3, 0.4) is 0 Å². The molecular weight excluding hydrogens is 401 g/mol. The molecule has 1 N–H and O–H groups in total. The summed E-state index contributed by atoms with van der Waals surface area (Å²) in [6.45, 7) is 12.0. The number of aliphatic imine (C=N–C) groups is 1. The van der Waals surface area contributed by atoms with E-state index in [-0.39, 0.29) is 17.4 Å². The summed E-state index contributed by atoms with van der Waals surface area (Å²) < 4.78 is 15.4. The normalized spacial score (nSPS) is 12.1. The first kappa shape index (κ1) is 25.3. The van der Waals surface area contributed by atoms with Crippen LogP contribution in [-0.2, 0) is 6.42 Å².